The number of aryl methyl sites for hydroxylation is 1. The van der Waals surface area contributed by atoms with Crippen molar-refractivity contribution in [1.82, 2.24) is 14.9 Å². The predicted octanol–water partition coefficient (Wildman–Crippen LogP) is 2.31. The lowest BCUT2D eigenvalue weighted by molar-refractivity contribution is -0.138. The molecule has 7 heteroatoms. The summed E-state index contributed by atoms with van der Waals surface area (Å²) in [5.74, 6) is 0.269. The van der Waals surface area contributed by atoms with E-state index < -0.39 is 11.7 Å². The van der Waals surface area contributed by atoms with E-state index in [4.69, 9.17) is 0 Å². The van der Waals surface area contributed by atoms with Crippen LogP contribution in [0.25, 0.3) is 0 Å². The molecule has 0 aromatic carbocycles. The molecule has 0 radical (unpaired) electrons. The zero-order chi connectivity index (χ0) is 14.0. The van der Waals surface area contributed by atoms with E-state index in [1.54, 1.807) is 0 Å². The Balaban J connectivity index is 2.08. The van der Waals surface area contributed by atoms with Crippen molar-refractivity contribution in [2.75, 3.05) is 25.5 Å². The molecule has 4 nitrogen and oxygen atoms in total. The van der Waals surface area contributed by atoms with Gasteiger partial charge in [-0.25, -0.2) is 9.97 Å². The Hall–Kier alpha value is -1.37. The van der Waals surface area contributed by atoms with Crippen LogP contribution in [0.5, 0.6) is 0 Å². The minimum absolute atomic E-state index is 0.0471. The van der Waals surface area contributed by atoms with Gasteiger partial charge in [-0.2, -0.15) is 13.2 Å². The highest BCUT2D eigenvalue weighted by molar-refractivity contribution is 5.31. The number of rotatable bonds is 2. The monoisotopic (exact) mass is 274 g/mol. The Morgan fingerprint density at radius 1 is 1.42 bits per heavy atom. The van der Waals surface area contributed by atoms with Crippen molar-refractivity contribution in [3.05, 3.63) is 17.5 Å². The number of likely N-dealkylation sites (tertiary alicyclic amines) is 1. The van der Waals surface area contributed by atoms with Gasteiger partial charge in [0, 0.05) is 18.8 Å². The fourth-order valence-electron chi connectivity index (χ4n) is 2.28. The van der Waals surface area contributed by atoms with Crippen molar-refractivity contribution < 1.29 is 13.2 Å². The molecule has 0 aliphatic carbocycles. The molecule has 1 fully saturated rings. The van der Waals surface area contributed by atoms with E-state index in [0.717, 1.165) is 32.1 Å². The van der Waals surface area contributed by atoms with Crippen LogP contribution in [-0.4, -0.2) is 41.0 Å². The maximum absolute atomic E-state index is 12.6. The van der Waals surface area contributed by atoms with Gasteiger partial charge in [-0.1, -0.05) is 0 Å². The van der Waals surface area contributed by atoms with Crippen LogP contribution in [0, 0.1) is 6.92 Å². The first-order valence-corrected chi connectivity index (χ1v) is 6.22. The summed E-state index contributed by atoms with van der Waals surface area (Å²) < 4.78 is 37.7. The molecule has 1 aromatic heterocycles. The molecule has 19 heavy (non-hydrogen) atoms. The molecule has 1 atom stereocenters. The summed E-state index contributed by atoms with van der Waals surface area (Å²) in [6, 6.07) is 0.190. The van der Waals surface area contributed by atoms with Gasteiger partial charge in [0.2, 0.25) is 5.95 Å². The van der Waals surface area contributed by atoms with Crippen molar-refractivity contribution in [3.63, 3.8) is 0 Å². The van der Waals surface area contributed by atoms with Gasteiger partial charge < -0.3 is 10.2 Å². The molecule has 0 spiro atoms. The first-order chi connectivity index (χ1) is 8.86. The van der Waals surface area contributed by atoms with Crippen molar-refractivity contribution in [1.29, 1.82) is 0 Å². The maximum atomic E-state index is 12.6. The molecular formula is C12H17F3N4. The Morgan fingerprint density at radius 3 is 2.74 bits per heavy atom. The number of hydrogen-bond donors (Lipinski definition) is 1. The highest BCUT2D eigenvalue weighted by Crippen LogP contribution is 2.30. The SMILES string of the molecule is Cc1nc(N[C@H]2CCCN(C)C2)ncc1C(F)(F)F. The second kappa shape index (κ2) is 5.32. The van der Waals surface area contributed by atoms with Gasteiger partial charge in [0.15, 0.2) is 0 Å². The summed E-state index contributed by atoms with van der Waals surface area (Å²) in [6.45, 7) is 3.25. The topological polar surface area (TPSA) is 41.1 Å². The summed E-state index contributed by atoms with van der Waals surface area (Å²) in [6.07, 6.45) is -1.51. The molecule has 1 saturated heterocycles. The first-order valence-electron chi connectivity index (χ1n) is 6.22. The van der Waals surface area contributed by atoms with Crippen LogP contribution in [0.3, 0.4) is 0 Å². The number of anilines is 1. The standard InChI is InChI=1S/C12H17F3N4/c1-8-10(12(13,14)15)6-16-11(17-8)18-9-4-3-5-19(2)7-9/h6,9H,3-5,7H2,1-2H3,(H,16,17,18)/t9-/m0/s1. The van der Waals surface area contributed by atoms with Crippen molar-refractivity contribution in [2.24, 2.45) is 0 Å². The van der Waals surface area contributed by atoms with Gasteiger partial charge in [0.05, 0.1) is 11.3 Å². The fourth-order valence-corrected chi connectivity index (χ4v) is 2.28. The number of nitrogens with one attached hydrogen (secondary N) is 1. The number of halogens is 3. The van der Waals surface area contributed by atoms with Crippen LogP contribution in [0.2, 0.25) is 0 Å². The van der Waals surface area contributed by atoms with E-state index in [1.807, 2.05) is 7.05 Å². The number of alkyl halides is 3. The molecule has 2 rings (SSSR count). The summed E-state index contributed by atoms with van der Waals surface area (Å²) in [4.78, 5) is 9.84. The van der Waals surface area contributed by atoms with E-state index in [-0.39, 0.29) is 17.7 Å². The number of nitrogens with zero attached hydrogens (tertiary/aromatic N) is 3. The zero-order valence-corrected chi connectivity index (χ0v) is 11.0. The van der Waals surface area contributed by atoms with Crippen LogP contribution in [0.15, 0.2) is 6.20 Å². The van der Waals surface area contributed by atoms with Gasteiger partial charge in [-0.15, -0.1) is 0 Å². The highest BCUT2D eigenvalue weighted by atomic mass is 19.4. The lowest BCUT2D eigenvalue weighted by atomic mass is 10.1. The summed E-state index contributed by atoms with van der Waals surface area (Å²) in [5.41, 5.74) is -0.826. The fraction of sp³-hybridized carbons (Fsp3) is 0.667. The van der Waals surface area contributed by atoms with Gasteiger partial charge in [-0.05, 0) is 33.4 Å². The molecule has 0 unspecified atom stereocenters. The summed E-state index contributed by atoms with van der Waals surface area (Å²) >= 11 is 0. The van der Waals surface area contributed by atoms with E-state index in [1.165, 1.54) is 6.92 Å². The largest absolute Gasteiger partial charge is 0.419 e. The van der Waals surface area contributed by atoms with Crippen molar-refractivity contribution in [3.8, 4) is 0 Å². The smallest absolute Gasteiger partial charge is 0.350 e. The molecule has 1 N–H and O–H groups in total. The quantitative estimate of drug-likeness (QED) is 0.898. The molecule has 0 saturated carbocycles. The molecular weight excluding hydrogens is 257 g/mol. The van der Waals surface area contributed by atoms with Crippen LogP contribution in [-0.2, 0) is 6.18 Å². The second-order valence-corrected chi connectivity index (χ2v) is 4.94. The average molecular weight is 274 g/mol. The number of piperidine rings is 1. The molecule has 1 aromatic rings. The first kappa shape index (κ1) is 14.0. The molecule has 0 bridgehead atoms. The Bertz CT molecular complexity index is 447. The molecule has 0 amide bonds. The lowest BCUT2D eigenvalue weighted by Gasteiger charge is -2.30. The minimum Gasteiger partial charge on any atom is -0.350 e. The summed E-state index contributed by atoms with van der Waals surface area (Å²) in [7, 11) is 2.02. The summed E-state index contributed by atoms with van der Waals surface area (Å²) in [5, 5.41) is 3.10. The van der Waals surface area contributed by atoms with Crippen LogP contribution < -0.4 is 5.32 Å². The van der Waals surface area contributed by atoms with Crippen molar-refractivity contribution >= 4 is 5.95 Å². The Kier molecular flexibility index (Phi) is 3.93. The highest BCUT2D eigenvalue weighted by Gasteiger charge is 2.33. The maximum Gasteiger partial charge on any atom is 0.419 e. The third-order valence-electron chi connectivity index (χ3n) is 3.24. The molecule has 106 valence electrons. The Morgan fingerprint density at radius 2 is 2.16 bits per heavy atom. The van der Waals surface area contributed by atoms with Crippen LogP contribution in [0.4, 0.5) is 19.1 Å². The molecule has 1 aliphatic rings. The van der Waals surface area contributed by atoms with Crippen LogP contribution >= 0.6 is 0 Å². The van der Waals surface area contributed by atoms with Crippen LogP contribution in [0.1, 0.15) is 24.1 Å². The van der Waals surface area contributed by atoms with Gasteiger partial charge in [-0.3, -0.25) is 0 Å². The number of aromatic nitrogens is 2. The normalized spacial score (nSPS) is 21.4. The predicted molar refractivity (Wildman–Crippen MR) is 65.9 cm³/mol. The number of likely N-dealkylation sites (N-methyl/N-ethyl adjacent to an activating group) is 1. The minimum atomic E-state index is -4.40. The lowest BCUT2D eigenvalue weighted by Crippen LogP contribution is -2.40. The second-order valence-electron chi connectivity index (χ2n) is 4.94. The van der Waals surface area contributed by atoms with E-state index >= 15 is 0 Å². The third-order valence-corrected chi connectivity index (χ3v) is 3.24. The van der Waals surface area contributed by atoms with E-state index in [9.17, 15) is 13.2 Å². The van der Waals surface area contributed by atoms with Gasteiger partial charge in [0.25, 0.3) is 0 Å². The van der Waals surface area contributed by atoms with Crippen molar-refractivity contribution in [2.45, 2.75) is 32.0 Å². The van der Waals surface area contributed by atoms with E-state index in [2.05, 4.69) is 20.2 Å². The third kappa shape index (κ3) is 3.56. The van der Waals surface area contributed by atoms with Gasteiger partial charge in [0.1, 0.15) is 0 Å². The zero-order valence-electron chi connectivity index (χ0n) is 11.0. The number of hydrogen-bond acceptors (Lipinski definition) is 4. The average Bonchev–Trinajstić information content (AvgIpc) is 2.27. The Labute approximate surface area is 110 Å². The van der Waals surface area contributed by atoms with E-state index in [0.29, 0.717) is 0 Å². The molecule has 2 heterocycles. The molecule has 1 aliphatic heterocycles. The van der Waals surface area contributed by atoms with Gasteiger partial charge >= 0.3 is 6.18 Å².